The molecule has 1 saturated heterocycles. The molecule has 3 rings (SSSR count). The Labute approximate surface area is 112 Å². The summed E-state index contributed by atoms with van der Waals surface area (Å²) in [6, 6.07) is 0.0694. The predicted molar refractivity (Wildman–Crippen MR) is 69.9 cm³/mol. The van der Waals surface area contributed by atoms with Gasteiger partial charge in [0.1, 0.15) is 0 Å². The van der Waals surface area contributed by atoms with Gasteiger partial charge in [-0.25, -0.2) is 9.97 Å². The van der Waals surface area contributed by atoms with Gasteiger partial charge in [-0.3, -0.25) is 4.79 Å². The third-order valence-corrected chi connectivity index (χ3v) is 3.73. The van der Waals surface area contributed by atoms with Crippen LogP contribution < -0.4 is 10.2 Å². The zero-order valence-electron chi connectivity index (χ0n) is 10.8. The van der Waals surface area contributed by atoms with Gasteiger partial charge in [-0.05, 0) is 19.3 Å². The highest BCUT2D eigenvalue weighted by Crippen LogP contribution is 2.28. The minimum absolute atomic E-state index is 0.0694. The Hall–Kier alpha value is -1.69. The van der Waals surface area contributed by atoms with Gasteiger partial charge < -0.3 is 15.0 Å². The maximum Gasteiger partial charge on any atom is 0.225 e. The third-order valence-electron chi connectivity index (χ3n) is 3.73. The Morgan fingerprint density at radius 2 is 2.26 bits per heavy atom. The van der Waals surface area contributed by atoms with Crippen LogP contribution >= 0.6 is 0 Å². The van der Waals surface area contributed by atoms with Gasteiger partial charge in [-0.2, -0.15) is 0 Å². The molecule has 0 saturated carbocycles. The van der Waals surface area contributed by atoms with Crippen LogP contribution in [0.1, 0.15) is 30.1 Å². The molecule has 102 valence electrons. The fourth-order valence-corrected chi connectivity index (χ4v) is 2.71. The molecule has 6 nitrogen and oxygen atoms in total. The number of carbonyl (C=O) groups excluding carboxylic acids is 1. The van der Waals surface area contributed by atoms with Crippen molar-refractivity contribution in [3.63, 3.8) is 0 Å². The van der Waals surface area contributed by atoms with Crippen molar-refractivity contribution in [2.24, 2.45) is 0 Å². The van der Waals surface area contributed by atoms with Gasteiger partial charge >= 0.3 is 0 Å². The van der Waals surface area contributed by atoms with Crippen LogP contribution in [0.15, 0.2) is 6.20 Å². The van der Waals surface area contributed by atoms with Crippen LogP contribution in [0.2, 0.25) is 0 Å². The number of anilines is 1. The van der Waals surface area contributed by atoms with Crippen molar-refractivity contribution >= 4 is 12.4 Å². The highest BCUT2D eigenvalue weighted by molar-refractivity contribution is 5.48. The quantitative estimate of drug-likeness (QED) is 0.800. The van der Waals surface area contributed by atoms with Gasteiger partial charge in [-0.1, -0.05) is 0 Å². The van der Waals surface area contributed by atoms with E-state index in [9.17, 15) is 4.79 Å². The fraction of sp³-hybridized carbons (Fsp3) is 0.615. The maximum absolute atomic E-state index is 10.6. The summed E-state index contributed by atoms with van der Waals surface area (Å²) in [5.41, 5.74) is 2.14. The summed E-state index contributed by atoms with van der Waals surface area (Å²) in [7, 11) is 0. The van der Waals surface area contributed by atoms with E-state index in [1.54, 1.807) is 0 Å². The summed E-state index contributed by atoms with van der Waals surface area (Å²) < 4.78 is 5.34. The molecular formula is C13H18N4O2. The number of ether oxygens (including phenoxy) is 1. The summed E-state index contributed by atoms with van der Waals surface area (Å²) in [6.45, 7) is 3.15. The molecular weight excluding hydrogens is 244 g/mol. The molecule has 1 aromatic rings. The highest BCUT2D eigenvalue weighted by Gasteiger charge is 2.23. The molecule has 0 unspecified atom stereocenters. The molecule has 1 fully saturated rings. The molecule has 1 aliphatic carbocycles. The van der Waals surface area contributed by atoms with E-state index < -0.39 is 0 Å². The van der Waals surface area contributed by atoms with Crippen molar-refractivity contribution < 1.29 is 9.53 Å². The van der Waals surface area contributed by atoms with E-state index in [2.05, 4.69) is 20.2 Å². The Morgan fingerprint density at radius 3 is 3.05 bits per heavy atom. The Kier molecular flexibility index (Phi) is 3.59. The SMILES string of the molecule is O=CN[C@H]1CCCc2nc(N3CCOCC3)ncc21. The Balaban J connectivity index is 1.84. The van der Waals surface area contributed by atoms with E-state index in [-0.39, 0.29) is 6.04 Å². The Bertz CT molecular complexity index is 460. The van der Waals surface area contributed by atoms with Gasteiger partial charge in [0.2, 0.25) is 12.4 Å². The van der Waals surface area contributed by atoms with E-state index in [0.717, 1.165) is 69.2 Å². The molecule has 0 aromatic carbocycles. The first-order valence-corrected chi connectivity index (χ1v) is 6.76. The van der Waals surface area contributed by atoms with Gasteiger partial charge in [0, 0.05) is 24.8 Å². The molecule has 1 atom stereocenters. The standard InChI is InChI=1S/C13H18N4O2/c18-9-15-11-2-1-3-12-10(11)8-14-13(16-12)17-4-6-19-7-5-17/h8-9,11H,1-7H2,(H,15,18)/t11-/m0/s1. The summed E-state index contributed by atoms with van der Waals surface area (Å²) in [4.78, 5) is 21.9. The fourth-order valence-electron chi connectivity index (χ4n) is 2.71. The normalized spacial score (nSPS) is 22.7. The average Bonchev–Trinajstić information content (AvgIpc) is 2.48. The van der Waals surface area contributed by atoms with E-state index in [1.165, 1.54) is 0 Å². The van der Waals surface area contributed by atoms with Crippen LogP contribution in [0.3, 0.4) is 0 Å². The van der Waals surface area contributed by atoms with Crippen LogP contribution in [0.5, 0.6) is 0 Å². The number of fused-ring (bicyclic) bond motifs is 1. The van der Waals surface area contributed by atoms with Crippen LogP contribution in [0, 0.1) is 0 Å². The van der Waals surface area contributed by atoms with Crippen LogP contribution in [-0.2, 0) is 16.0 Å². The minimum Gasteiger partial charge on any atom is -0.378 e. The summed E-state index contributed by atoms with van der Waals surface area (Å²) in [5.74, 6) is 0.786. The predicted octanol–water partition coefficient (Wildman–Crippen LogP) is 0.437. The van der Waals surface area contributed by atoms with Crippen molar-refractivity contribution in [3.8, 4) is 0 Å². The van der Waals surface area contributed by atoms with Crippen molar-refractivity contribution in [1.82, 2.24) is 15.3 Å². The first kappa shape index (κ1) is 12.3. The van der Waals surface area contributed by atoms with E-state index in [1.807, 2.05) is 6.20 Å². The van der Waals surface area contributed by atoms with Crippen molar-refractivity contribution in [2.45, 2.75) is 25.3 Å². The molecule has 1 aromatic heterocycles. The summed E-state index contributed by atoms with van der Waals surface area (Å²) >= 11 is 0. The number of hydrogen-bond donors (Lipinski definition) is 1. The number of amides is 1. The minimum atomic E-state index is 0.0694. The number of nitrogens with one attached hydrogen (secondary N) is 1. The highest BCUT2D eigenvalue weighted by atomic mass is 16.5. The zero-order valence-corrected chi connectivity index (χ0v) is 10.8. The van der Waals surface area contributed by atoms with Gasteiger partial charge in [0.25, 0.3) is 0 Å². The van der Waals surface area contributed by atoms with Crippen LogP contribution in [0.4, 0.5) is 5.95 Å². The topological polar surface area (TPSA) is 67.4 Å². The second kappa shape index (κ2) is 5.52. The number of aromatic nitrogens is 2. The van der Waals surface area contributed by atoms with Crippen LogP contribution in [-0.4, -0.2) is 42.7 Å². The molecule has 1 aliphatic heterocycles. The molecule has 2 aliphatic rings. The molecule has 0 radical (unpaired) electrons. The number of carbonyl (C=O) groups is 1. The number of morpholine rings is 1. The molecule has 0 spiro atoms. The summed E-state index contributed by atoms with van der Waals surface area (Å²) in [6.07, 6.45) is 5.61. The monoisotopic (exact) mass is 262 g/mol. The lowest BCUT2D eigenvalue weighted by molar-refractivity contribution is -0.110. The Morgan fingerprint density at radius 1 is 1.42 bits per heavy atom. The van der Waals surface area contributed by atoms with Gasteiger partial charge in [0.05, 0.1) is 24.9 Å². The molecule has 0 bridgehead atoms. The summed E-state index contributed by atoms with van der Waals surface area (Å²) in [5, 5.41) is 2.85. The number of rotatable bonds is 3. The molecule has 6 heteroatoms. The van der Waals surface area contributed by atoms with E-state index in [4.69, 9.17) is 4.74 Å². The molecule has 19 heavy (non-hydrogen) atoms. The second-order valence-corrected chi connectivity index (χ2v) is 4.90. The van der Waals surface area contributed by atoms with Crippen molar-refractivity contribution in [1.29, 1.82) is 0 Å². The molecule has 1 amide bonds. The lowest BCUT2D eigenvalue weighted by atomic mass is 9.92. The maximum atomic E-state index is 10.6. The first-order valence-electron chi connectivity index (χ1n) is 6.76. The number of hydrogen-bond acceptors (Lipinski definition) is 5. The largest absolute Gasteiger partial charge is 0.378 e. The molecule has 2 heterocycles. The third kappa shape index (κ3) is 2.53. The van der Waals surface area contributed by atoms with E-state index >= 15 is 0 Å². The first-order chi connectivity index (χ1) is 9.38. The van der Waals surface area contributed by atoms with Crippen LogP contribution in [0.25, 0.3) is 0 Å². The number of aryl methyl sites for hydroxylation is 1. The van der Waals surface area contributed by atoms with Crippen molar-refractivity contribution in [2.75, 3.05) is 31.2 Å². The zero-order chi connectivity index (χ0) is 13.1. The number of nitrogens with zero attached hydrogens (tertiary/aromatic N) is 3. The van der Waals surface area contributed by atoms with Gasteiger partial charge in [0.15, 0.2) is 0 Å². The van der Waals surface area contributed by atoms with Crippen molar-refractivity contribution in [3.05, 3.63) is 17.5 Å². The second-order valence-electron chi connectivity index (χ2n) is 4.90. The lowest BCUT2D eigenvalue weighted by Gasteiger charge is -2.29. The van der Waals surface area contributed by atoms with Gasteiger partial charge in [-0.15, -0.1) is 0 Å². The molecule has 1 N–H and O–H groups in total. The lowest BCUT2D eigenvalue weighted by Crippen LogP contribution is -2.37. The average molecular weight is 262 g/mol. The smallest absolute Gasteiger partial charge is 0.225 e. The van der Waals surface area contributed by atoms with E-state index in [0.29, 0.717) is 0 Å².